The van der Waals surface area contributed by atoms with Gasteiger partial charge in [0, 0.05) is 6.42 Å². The number of aliphatic carboxylic acids is 1. The number of carbonyl (C=O) groups is 2. The summed E-state index contributed by atoms with van der Waals surface area (Å²) in [6.45, 7) is 0. The lowest BCUT2D eigenvalue weighted by atomic mass is 10.1. The maximum atomic E-state index is 10.8. The maximum absolute atomic E-state index is 10.8. The fourth-order valence-electron chi connectivity index (χ4n) is 0.787. The van der Waals surface area contributed by atoms with Gasteiger partial charge in [0.2, 0.25) is 0 Å². The fraction of sp³-hybridized carbons (Fsp3) is 0.667. The molecule has 17 heavy (non-hydrogen) atoms. The van der Waals surface area contributed by atoms with Crippen LogP contribution >= 0.6 is 7.82 Å². The zero-order valence-corrected chi connectivity index (χ0v) is 9.10. The van der Waals surface area contributed by atoms with Crippen molar-refractivity contribution >= 4 is 19.8 Å². The topological polar surface area (TPSA) is 182 Å². The van der Waals surface area contributed by atoms with E-state index in [0.29, 0.717) is 0 Å². The van der Waals surface area contributed by atoms with Crippen LogP contribution in [-0.4, -0.2) is 60.5 Å². The number of aliphatic hydroxyl groups excluding tert-OH is 3. The van der Waals surface area contributed by atoms with Crippen molar-refractivity contribution in [1.82, 2.24) is 0 Å². The molecule has 100 valence electrons. The van der Waals surface area contributed by atoms with Gasteiger partial charge in [-0.15, -0.1) is 0 Å². The van der Waals surface area contributed by atoms with Gasteiger partial charge in [-0.05, 0) is 0 Å². The van der Waals surface area contributed by atoms with Crippen molar-refractivity contribution in [3.05, 3.63) is 0 Å². The number of carboxylic acid groups (broad SMARTS) is 1. The van der Waals surface area contributed by atoms with Gasteiger partial charge in [-0.1, -0.05) is 0 Å². The molecule has 0 saturated heterocycles. The molecular weight excluding hydrogens is 263 g/mol. The SMILES string of the molecule is O=C(O)[C@H](O)C[C@H](O)[C@H](O)C(=O)OP(=O)(O)O. The van der Waals surface area contributed by atoms with Crippen LogP contribution in [0.25, 0.3) is 0 Å². The summed E-state index contributed by atoms with van der Waals surface area (Å²) in [5, 5.41) is 35.1. The molecule has 0 aliphatic rings. The van der Waals surface area contributed by atoms with Crippen LogP contribution in [0.1, 0.15) is 6.42 Å². The van der Waals surface area contributed by atoms with Gasteiger partial charge in [0.15, 0.2) is 12.2 Å². The third-order valence-corrected chi connectivity index (χ3v) is 1.98. The molecule has 0 saturated carbocycles. The number of hydrogen-bond donors (Lipinski definition) is 6. The van der Waals surface area contributed by atoms with E-state index in [4.69, 9.17) is 30.2 Å². The number of carboxylic acids is 1. The first-order valence-electron chi connectivity index (χ1n) is 4.10. The van der Waals surface area contributed by atoms with Crippen LogP contribution < -0.4 is 0 Å². The standard InChI is InChI=1S/C6H11O10P/c7-2(1-3(8)5(10)11)4(9)6(12)16-17(13,14)15/h2-4,7-9H,1H2,(H,10,11)(H2,13,14,15)/t2-,3+,4-/m0/s1. The highest BCUT2D eigenvalue weighted by atomic mass is 31.2. The molecule has 0 unspecified atom stereocenters. The van der Waals surface area contributed by atoms with Crippen molar-refractivity contribution in [1.29, 1.82) is 0 Å². The molecule has 10 nitrogen and oxygen atoms in total. The molecule has 0 aromatic carbocycles. The second-order valence-electron chi connectivity index (χ2n) is 3.00. The van der Waals surface area contributed by atoms with E-state index in [-0.39, 0.29) is 0 Å². The molecule has 0 radical (unpaired) electrons. The zero-order chi connectivity index (χ0) is 13.8. The molecule has 6 N–H and O–H groups in total. The van der Waals surface area contributed by atoms with Gasteiger partial charge < -0.3 is 24.9 Å². The van der Waals surface area contributed by atoms with Crippen LogP contribution in [0, 0.1) is 0 Å². The molecule has 0 amide bonds. The average Bonchev–Trinajstić information content (AvgIpc) is 2.13. The minimum Gasteiger partial charge on any atom is -0.479 e. The second kappa shape index (κ2) is 6.05. The quantitative estimate of drug-likeness (QED) is 0.276. The van der Waals surface area contributed by atoms with Crippen LogP contribution in [-0.2, 0) is 18.7 Å². The highest BCUT2D eigenvalue weighted by Crippen LogP contribution is 2.36. The van der Waals surface area contributed by atoms with Gasteiger partial charge in [-0.3, -0.25) is 9.79 Å². The third kappa shape index (κ3) is 6.31. The normalized spacial score (nSPS) is 17.0. The van der Waals surface area contributed by atoms with Gasteiger partial charge >= 0.3 is 19.8 Å². The number of hydrogen-bond acceptors (Lipinski definition) is 7. The lowest BCUT2D eigenvalue weighted by Gasteiger charge is -2.17. The minimum atomic E-state index is -5.17. The summed E-state index contributed by atoms with van der Waals surface area (Å²) in [4.78, 5) is 37.4. The number of phosphoric ester groups is 1. The van der Waals surface area contributed by atoms with Gasteiger partial charge in [0.05, 0.1) is 6.10 Å². The Morgan fingerprint density at radius 3 is 2.00 bits per heavy atom. The van der Waals surface area contributed by atoms with E-state index in [2.05, 4.69) is 4.52 Å². The highest BCUT2D eigenvalue weighted by molar-refractivity contribution is 7.46. The Hall–Kier alpha value is -1.03. The van der Waals surface area contributed by atoms with Gasteiger partial charge in [-0.2, -0.15) is 0 Å². The van der Waals surface area contributed by atoms with Crippen molar-refractivity contribution in [3.63, 3.8) is 0 Å². The van der Waals surface area contributed by atoms with Crippen LogP contribution in [0.5, 0.6) is 0 Å². The first kappa shape index (κ1) is 16.0. The van der Waals surface area contributed by atoms with E-state index in [1.165, 1.54) is 0 Å². The molecule has 0 aliphatic carbocycles. The van der Waals surface area contributed by atoms with Crippen LogP contribution in [0.15, 0.2) is 0 Å². The van der Waals surface area contributed by atoms with E-state index in [1.54, 1.807) is 0 Å². The first-order valence-corrected chi connectivity index (χ1v) is 5.63. The smallest absolute Gasteiger partial charge is 0.479 e. The lowest BCUT2D eigenvalue weighted by molar-refractivity contribution is -0.157. The van der Waals surface area contributed by atoms with Gasteiger partial charge in [-0.25, -0.2) is 14.2 Å². The largest absolute Gasteiger partial charge is 0.527 e. The maximum Gasteiger partial charge on any atom is 0.527 e. The summed E-state index contributed by atoms with van der Waals surface area (Å²) < 4.78 is 13.7. The Kier molecular flexibility index (Phi) is 5.69. The number of carbonyl (C=O) groups excluding carboxylic acids is 1. The Bertz CT molecular complexity index is 334. The van der Waals surface area contributed by atoms with Crippen LogP contribution in [0.2, 0.25) is 0 Å². The van der Waals surface area contributed by atoms with Gasteiger partial charge in [0.25, 0.3) is 0 Å². The number of rotatable bonds is 6. The first-order chi connectivity index (χ1) is 7.54. The Labute approximate surface area is 94.3 Å². The second-order valence-corrected chi connectivity index (χ2v) is 4.17. The molecule has 0 bridgehead atoms. The predicted molar refractivity (Wildman–Crippen MR) is 48.4 cm³/mol. The van der Waals surface area contributed by atoms with Crippen molar-refractivity contribution in [2.45, 2.75) is 24.7 Å². The average molecular weight is 274 g/mol. The molecule has 11 heteroatoms. The molecule has 0 aromatic rings. The number of phosphoric acid groups is 1. The third-order valence-electron chi connectivity index (χ3n) is 1.56. The van der Waals surface area contributed by atoms with E-state index in [0.717, 1.165) is 0 Å². The summed E-state index contributed by atoms with van der Waals surface area (Å²) >= 11 is 0. The summed E-state index contributed by atoms with van der Waals surface area (Å²) in [6, 6.07) is 0. The van der Waals surface area contributed by atoms with E-state index in [1.807, 2.05) is 0 Å². The summed E-state index contributed by atoms with van der Waals surface area (Å²) in [5.74, 6) is -3.52. The Balaban J connectivity index is 4.40. The molecule has 0 rings (SSSR count). The van der Waals surface area contributed by atoms with Gasteiger partial charge in [0.1, 0.15) is 0 Å². The molecular formula is C6H11O10P. The Morgan fingerprint density at radius 1 is 1.18 bits per heavy atom. The van der Waals surface area contributed by atoms with E-state index in [9.17, 15) is 14.2 Å². The van der Waals surface area contributed by atoms with Crippen LogP contribution in [0.4, 0.5) is 0 Å². The molecule has 0 heterocycles. The molecule has 3 atom stereocenters. The van der Waals surface area contributed by atoms with Crippen LogP contribution in [0.3, 0.4) is 0 Å². The van der Waals surface area contributed by atoms with E-state index < -0.39 is 44.5 Å². The molecule has 0 fully saturated rings. The summed E-state index contributed by atoms with van der Waals surface area (Å²) in [6.07, 6.45) is -7.37. The Morgan fingerprint density at radius 2 is 1.65 bits per heavy atom. The predicted octanol–water partition coefficient (Wildman–Crippen LogP) is -2.82. The van der Waals surface area contributed by atoms with Crippen molar-refractivity contribution in [3.8, 4) is 0 Å². The van der Waals surface area contributed by atoms with Crippen molar-refractivity contribution in [2.75, 3.05) is 0 Å². The van der Waals surface area contributed by atoms with E-state index >= 15 is 0 Å². The van der Waals surface area contributed by atoms with Crippen molar-refractivity contribution in [2.24, 2.45) is 0 Å². The van der Waals surface area contributed by atoms with Crippen molar-refractivity contribution < 1.29 is 48.9 Å². The molecule has 0 spiro atoms. The fourth-order valence-corrected chi connectivity index (χ4v) is 1.13. The molecule has 0 aromatic heterocycles. The zero-order valence-electron chi connectivity index (χ0n) is 8.20. The summed E-state index contributed by atoms with van der Waals surface area (Å²) in [5.41, 5.74) is 0. The minimum absolute atomic E-state index is 0.910. The lowest BCUT2D eigenvalue weighted by Crippen LogP contribution is -2.38. The monoisotopic (exact) mass is 274 g/mol. The highest BCUT2D eigenvalue weighted by Gasteiger charge is 2.33. The number of aliphatic hydroxyl groups is 3. The molecule has 0 aliphatic heterocycles. The summed E-state index contributed by atoms with van der Waals surface area (Å²) in [7, 11) is -5.17.